The van der Waals surface area contributed by atoms with E-state index in [0.717, 1.165) is 11.8 Å². The van der Waals surface area contributed by atoms with Crippen LogP contribution in [0.15, 0.2) is 0 Å². The molecule has 1 saturated heterocycles. The molecule has 16 heavy (non-hydrogen) atoms. The van der Waals surface area contributed by atoms with Crippen LogP contribution in [0.3, 0.4) is 0 Å². The van der Waals surface area contributed by atoms with Gasteiger partial charge in [-0.1, -0.05) is 58.8 Å². The lowest BCUT2D eigenvalue weighted by atomic mass is 9.80. The Morgan fingerprint density at radius 1 is 1.06 bits per heavy atom. The maximum atomic E-state index is 3.58. The van der Waals surface area contributed by atoms with Crippen molar-refractivity contribution in [2.75, 3.05) is 13.1 Å². The topological polar surface area (TPSA) is 12.0 Å². The first-order valence-corrected chi connectivity index (χ1v) is 7.59. The van der Waals surface area contributed by atoms with E-state index >= 15 is 0 Å². The van der Waals surface area contributed by atoms with E-state index in [0.29, 0.717) is 0 Å². The highest BCUT2D eigenvalue weighted by atomic mass is 14.9. The minimum absolute atomic E-state index is 0.982. The van der Waals surface area contributed by atoms with Crippen molar-refractivity contribution >= 4 is 0 Å². The molecule has 1 aliphatic rings. The molecule has 1 aliphatic heterocycles. The Kier molecular flexibility index (Phi) is 7.92. The van der Waals surface area contributed by atoms with E-state index in [9.17, 15) is 0 Å². The van der Waals surface area contributed by atoms with Crippen LogP contribution in [0.1, 0.15) is 71.6 Å². The highest BCUT2D eigenvalue weighted by Gasteiger charge is 2.22. The molecule has 2 atom stereocenters. The molecule has 2 unspecified atom stereocenters. The maximum absolute atomic E-state index is 3.58. The SMILES string of the molecule is CCCCCCC(CCC)C1CCCNC1. The van der Waals surface area contributed by atoms with Crippen molar-refractivity contribution in [2.24, 2.45) is 11.8 Å². The number of hydrogen-bond acceptors (Lipinski definition) is 1. The highest BCUT2D eigenvalue weighted by molar-refractivity contribution is 4.76. The maximum Gasteiger partial charge on any atom is -0.00179 e. The van der Waals surface area contributed by atoms with Gasteiger partial charge in [-0.15, -0.1) is 0 Å². The van der Waals surface area contributed by atoms with E-state index in [4.69, 9.17) is 0 Å². The van der Waals surface area contributed by atoms with Gasteiger partial charge >= 0.3 is 0 Å². The zero-order valence-corrected chi connectivity index (χ0v) is 11.4. The van der Waals surface area contributed by atoms with Crippen molar-refractivity contribution in [1.82, 2.24) is 5.32 Å². The molecular formula is C15H31N. The standard InChI is InChI=1S/C15H31N/c1-3-5-6-7-10-14(9-4-2)15-11-8-12-16-13-15/h14-16H,3-13H2,1-2H3. The Labute approximate surface area is 102 Å². The fourth-order valence-corrected chi connectivity index (χ4v) is 3.10. The van der Waals surface area contributed by atoms with E-state index in [-0.39, 0.29) is 0 Å². The van der Waals surface area contributed by atoms with Crippen molar-refractivity contribution in [1.29, 1.82) is 0 Å². The van der Waals surface area contributed by atoms with E-state index in [1.807, 2.05) is 0 Å². The van der Waals surface area contributed by atoms with Gasteiger partial charge in [0.05, 0.1) is 0 Å². The number of rotatable bonds is 8. The van der Waals surface area contributed by atoms with Crippen LogP contribution in [-0.4, -0.2) is 13.1 Å². The van der Waals surface area contributed by atoms with Crippen molar-refractivity contribution < 1.29 is 0 Å². The van der Waals surface area contributed by atoms with Gasteiger partial charge in [0.15, 0.2) is 0 Å². The quantitative estimate of drug-likeness (QED) is 0.605. The van der Waals surface area contributed by atoms with E-state index in [1.165, 1.54) is 70.9 Å². The predicted molar refractivity (Wildman–Crippen MR) is 72.8 cm³/mol. The predicted octanol–water partition coefficient (Wildman–Crippen LogP) is 4.37. The average Bonchev–Trinajstić information content (AvgIpc) is 2.34. The second kappa shape index (κ2) is 9.04. The van der Waals surface area contributed by atoms with Crippen LogP contribution in [-0.2, 0) is 0 Å². The monoisotopic (exact) mass is 225 g/mol. The van der Waals surface area contributed by atoms with Crippen molar-refractivity contribution in [3.8, 4) is 0 Å². The largest absolute Gasteiger partial charge is 0.316 e. The molecule has 96 valence electrons. The molecule has 1 heterocycles. The molecule has 1 heteroatoms. The van der Waals surface area contributed by atoms with E-state index < -0.39 is 0 Å². The molecule has 0 aliphatic carbocycles. The van der Waals surface area contributed by atoms with Gasteiger partial charge in [0.25, 0.3) is 0 Å². The molecule has 1 N–H and O–H groups in total. The molecule has 0 radical (unpaired) electrons. The van der Waals surface area contributed by atoms with Gasteiger partial charge in [-0.2, -0.15) is 0 Å². The van der Waals surface area contributed by atoms with E-state index in [2.05, 4.69) is 19.2 Å². The molecule has 1 nitrogen and oxygen atoms in total. The van der Waals surface area contributed by atoms with Crippen molar-refractivity contribution in [3.05, 3.63) is 0 Å². The molecule has 1 fully saturated rings. The van der Waals surface area contributed by atoms with Gasteiger partial charge in [-0.3, -0.25) is 0 Å². The number of nitrogens with one attached hydrogen (secondary N) is 1. The summed E-state index contributed by atoms with van der Waals surface area (Å²) >= 11 is 0. The smallest absolute Gasteiger partial charge is 0.00179 e. The van der Waals surface area contributed by atoms with Crippen LogP contribution < -0.4 is 5.32 Å². The Morgan fingerprint density at radius 3 is 2.56 bits per heavy atom. The molecule has 0 aromatic carbocycles. The van der Waals surface area contributed by atoms with Crippen LogP contribution in [0.5, 0.6) is 0 Å². The van der Waals surface area contributed by atoms with Crippen LogP contribution >= 0.6 is 0 Å². The van der Waals surface area contributed by atoms with Crippen molar-refractivity contribution in [2.45, 2.75) is 71.6 Å². The van der Waals surface area contributed by atoms with Crippen LogP contribution in [0.25, 0.3) is 0 Å². The molecule has 0 saturated carbocycles. The first kappa shape index (κ1) is 14.0. The summed E-state index contributed by atoms with van der Waals surface area (Å²) in [5.74, 6) is 1.99. The highest BCUT2D eigenvalue weighted by Crippen LogP contribution is 2.28. The molecule has 0 bridgehead atoms. The summed E-state index contributed by atoms with van der Waals surface area (Å²) in [5, 5.41) is 3.58. The van der Waals surface area contributed by atoms with Gasteiger partial charge in [0.1, 0.15) is 0 Å². The third-order valence-corrected chi connectivity index (χ3v) is 4.09. The van der Waals surface area contributed by atoms with Crippen LogP contribution in [0, 0.1) is 11.8 Å². The fourth-order valence-electron chi connectivity index (χ4n) is 3.10. The summed E-state index contributed by atoms with van der Waals surface area (Å²) in [4.78, 5) is 0. The lowest BCUT2D eigenvalue weighted by Gasteiger charge is -2.31. The summed E-state index contributed by atoms with van der Waals surface area (Å²) in [6, 6.07) is 0. The Bertz CT molecular complexity index is 150. The van der Waals surface area contributed by atoms with Gasteiger partial charge < -0.3 is 5.32 Å². The Balaban J connectivity index is 2.22. The Hall–Kier alpha value is -0.0400. The van der Waals surface area contributed by atoms with Gasteiger partial charge in [0.2, 0.25) is 0 Å². The molecular weight excluding hydrogens is 194 g/mol. The number of unbranched alkanes of at least 4 members (excludes halogenated alkanes) is 3. The summed E-state index contributed by atoms with van der Waals surface area (Å²) in [6.45, 7) is 7.19. The number of hydrogen-bond donors (Lipinski definition) is 1. The van der Waals surface area contributed by atoms with Crippen LogP contribution in [0.2, 0.25) is 0 Å². The third-order valence-electron chi connectivity index (χ3n) is 4.09. The third kappa shape index (κ3) is 5.34. The lowest BCUT2D eigenvalue weighted by molar-refractivity contribution is 0.232. The van der Waals surface area contributed by atoms with Gasteiger partial charge in [0, 0.05) is 0 Å². The van der Waals surface area contributed by atoms with Crippen molar-refractivity contribution in [3.63, 3.8) is 0 Å². The summed E-state index contributed by atoms with van der Waals surface area (Å²) in [7, 11) is 0. The zero-order chi connectivity index (χ0) is 11.6. The average molecular weight is 225 g/mol. The summed E-state index contributed by atoms with van der Waals surface area (Å²) < 4.78 is 0. The first-order valence-electron chi connectivity index (χ1n) is 7.59. The first-order chi connectivity index (χ1) is 7.88. The molecule has 0 aromatic heterocycles. The van der Waals surface area contributed by atoms with E-state index in [1.54, 1.807) is 0 Å². The second-order valence-corrected chi connectivity index (χ2v) is 5.50. The minimum Gasteiger partial charge on any atom is -0.316 e. The lowest BCUT2D eigenvalue weighted by Crippen LogP contribution is -2.34. The molecule has 0 aromatic rings. The summed E-state index contributed by atoms with van der Waals surface area (Å²) in [6.07, 6.45) is 12.9. The molecule has 0 spiro atoms. The van der Waals surface area contributed by atoms with Crippen LogP contribution in [0.4, 0.5) is 0 Å². The number of piperidine rings is 1. The zero-order valence-electron chi connectivity index (χ0n) is 11.4. The normalized spacial score (nSPS) is 23.2. The minimum atomic E-state index is 0.982. The molecule has 0 amide bonds. The fraction of sp³-hybridized carbons (Fsp3) is 1.00. The Morgan fingerprint density at radius 2 is 1.94 bits per heavy atom. The molecule has 1 rings (SSSR count). The second-order valence-electron chi connectivity index (χ2n) is 5.50. The van der Waals surface area contributed by atoms with Gasteiger partial charge in [-0.25, -0.2) is 0 Å². The summed E-state index contributed by atoms with van der Waals surface area (Å²) in [5.41, 5.74) is 0. The van der Waals surface area contributed by atoms with Gasteiger partial charge in [-0.05, 0) is 37.8 Å².